The highest BCUT2D eigenvalue weighted by atomic mass is 16.5. The molecule has 0 amide bonds. The van der Waals surface area contributed by atoms with E-state index in [9.17, 15) is 0 Å². The molecule has 8 heteroatoms. The molecule has 0 spiro atoms. The predicted molar refractivity (Wildman–Crippen MR) is 188 cm³/mol. The van der Waals surface area contributed by atoms with Crippen LogP contribution in [0.5, 0.6) is 28.7 Å². The standard InChI is InChI=1S/C23H34N2O2.C15H17NO3/c1-7-8-12-25(13-11-17(2)3)22-10-9-19(16-24-22)20-14-18(4)15-21(26-5)23(20)27-6;1-10-5-6-11(9-16-10)13-7-12(17-2)8-14(18-3)15(13)19-4/h9-10,14-17H,7-8,11-13H2,1-6H3;5-9H,1-4H3. The Balaban J connectivity index is 0.000000266. The Morgan fingerprint density at radius 1 is 0.674 bits per heavy atom. The maximum absolute atomic E-state index is 5.61. The van der Waals surface area contributed by atoms with Crippen LogP contribution in [0.4, 0.5) is 5.82 Å². The van der Waals surface area contributed by atoms with Crippen molar-refractivity contribution in [2.45, 2.75) is 53.9 Å². The molecule has 0 fully saturated rings. The Labute approximate surface area is 275 Å². The van der Waals surface area contributed by atoms with Gasteiger partial charge in [0.15, 0.2) is 23.0 Å². The van der Waals surface area contributed by atoms with E-state index < -0.39 is 0 Å². The second kappa shape index (κ2) is 17.9. The number of unbranched alkanes of at least 4 members (excludes halogenated alkanes) is 1. The average Bonchev–Trinajstić information content (AvgIpc) is 3.07. The molecule has 0 bridgehead atoms. The van der Waals surface area contributed by atoms with Gasteiger partial charge in [0.05, 0.1) is 35.5 Å². The monoisotopic (exact) mass is 629 g/mol. The SMILES string of the molecule is CCCCN(CCC(C)C)c1ccc(-c2cc(C)cc(OC)c2OC)cn1.COc1cc(OC)c(OC)c(-c2ccc(C)nc2)c1. The van der Waals surface area contributed by atoms with E-state index >= 15 is 0 Å². The van der Waals surface area contributed by atoms with Crippen LogP contribution in [0.25, 0.3) is 22.3 Å². The summed E-state index contributed by atoms with van der Waals surface area (Å²) in [4.78, 5) is 11.5. The number of ether oxygens (including phenoxy) is 5. The van der Waals surface area contributed by atoms with E-state index in [1.165, 1.54) is 19.3 Å². The lowest BCUT2D eigenvalue weighted by Gasteiger charge is -2.25. The summed E-state index contributed by atoms with van der Waals surface area (Å²) in [6.07, 6.45) is 7.31. The van der Waals surface area contributed by atoms with Crippen molar-refractivity contribution in [3.8, 4) is 51.0 Å². The highest BCUT2D eigenvalue weighted by Gasteiger charge is 2.16. The van der Waals surface area contributed by atoms with Gasteiger partial charge in [0.2, 0.25) is 0 Å². The van der Waals surface area contributed by atoms with Gasteiger partial charge in [-0.25, -0.2) is 4.98 Å². The minimum atomic E-state index is 0.637. The van der Waals surface area contributed by atoms with Gasteiger partial charge in [-0.1, -0.05) is 33.3 Å². The van der Waals surface area contributed by atoms with Crippen LogP contribution in [0.15, 0.2) is 60.9 Å². The lowest BCUT2D eigenvalue weighted by atomic mass is 10.0. The Morgan fingerprint density at radius 2 is 1.28 bits per heavy atom. The van der Waals surface area contributed by atoms with Crippen LogP contribution in [-0.2, 0) is 0 Å². The first-order valence-electron chi connectivity index (χ1n) is 15.9. The number of aryl methyl sites for hydroxylation is 2. The van der Waals surface area contributed by atoms with Crippen LogP contribution < -0.4 is 28.6 Å². The summed E-state index contributed by atoms with van der Waals surface area (Å²) in [5, 5.41) is 0. The van der Waals surface area contributed by atoms with E-state index in [2.05, 4.69) is 55.8 Å². The molecular weight excluding hydrogens is 578 g/mol. The minimum Gasteiger partial charge on any atom is -0.497 e. The van der Waals surface area contributed by atoms with Gasteiger partial charge in [0.25, 0.3) is 0 Å². The zero-order valence-corrected chi connectivity index (χ0v) is 29.3. The van der Waals surface area contributed by atoms with Gasteiger partial charge < -0.3 is 28.6 Å². The Kier molecular flexibility index (Phi) is 14.0. The third kappa shape index (κ3) is 9.52. The van der Waals surface area contributed by atoms with Crippen molar-refractivity contribution >= 4 is 5.82 Å². The Bertz CT molecular complexity index is 1500. The number of aromatic nitrogens is 2. The zero-order chi connectivity index (χ0) is 33.6. The van der Waals surface area contributed by atoms with Gasteiger partial charge >= 0.3 is 0 Å². The van der Waals surface area contributed by atoms with E-state index in [1.54, 1.807) is 41.6 Å². The lowest BCUT2D eigenvalue weighted by Crippen LogP contribution is -2.27. The molecule has 2 aromatic carbocycles. The van der Waals surface area contributed by atoms with Gasteiger partial charge in [-0.3, -0.25) is 4.98 Å². The van der Waals surface area contributed by atoms with Gasteiger partial charge in [0.1, 0.15) is 11.6 Å². The molecule has 2 aromatic heterocycles. The van der Waals surface area contributed by atoms with Crippen molar-refractivity contribution in [2.75, 3.05) is 53.5 Å². The van der Waals surface area contributed by atoms with Crippen molar-refractivity contribution in [2.24, 2.45) is 5.92 Å². The fraction of sp³-hybridized carbons (Fsp3) is 0.421. The van der Waals surface area contributed by atoms with Crippen molar-refractivity contribution in [3.63, 3.8) is 0 Å². The summed E-state index contributed by atoms with van der Waals surface area (Å²) in [5.41, 5.74) is 6.00. The summed E-state index contributed by atoms with van der Waals surface area (Å²) in [5.74, 6) is 5.27. The van der Waals surface area contributed by atoms with Crippen LogP contribution in [0.1, 0.15) is 51.3 Å². The normalized spacial score (nSPS) is 10.6. The third-order valence-corrected chi connectivity index (χ3v) is 7.67. The van der Waals surface area contributed by atoms with E-state index in [1.807, 2.05) is 43.6 Å². The Hall–Kier alpha value is -4.46. The molecule has 0 aliphatic rings. The van der Waals surface area contributed by atoms with Crippen molar-refractivity contribution in [1.82, 2.24) is 9.97 Å². The molecule has 0 aliphatic heterocycles. The quantitative estimate of drug-likeness (QED) is 0.137. The minimum absolute atomic E-state index is 0.637. The molecular formula is C38H51N3O5. The molecule has 0 unspecified atom stereocenters. The highest BCUT2D eigenvalue weighted by molar-refractivity contribution is 5.76. The summed E-state index contributed by atoms with van der Waals surface area (Å²) in [7, 11) is 8.20. The largest absolute Gasteiger partial charge is 0.497 e. The second-order valence-corrected chi connectivity index (χ2v) is 11.6. The molecule has 248 valence electrons. The number of hydrogen-bond acceptors (Lipinski definition) is 8. The molecule has 2 heterocycles. The number of hydrogen-bond donors (Lipinski definition) is 0. The topological polar surface area (TPSA) is 75.2 Å². The van der Waals surface area contributed by atoms with Gasteiger partial charge in [0, 0.05) is 59.5 Å². The van der Waals surface area contributed by atoms with Crippen LogP contribution >= 0.6 is 0 Å². The maximum atomic E-state index is 5.61. The molecule has 4 rings (SSSR count). The number of pyridine rings is 2. The fourth-order valence-corrected chi connectivity index (χ4v) is 5.05. The number of benzene rings is 2. The summed E-state index contributed by atoms with van der Waals surface area (Å²) in [6.45, 7) is 12.9. The molecule has 4 aromatic rings. The molecule has 0 aliphatic carbocycles. The first-order chi connectivity index (χ1) is 22.2. The van der Waals surface area contributed by atoms with Gasteiger partial charge in [-0.05, 0) is 74.6 Å². The van der Waals surface area contributed by atoms with Crippen LogP contribution in [0.2, 0.25) is 0 Å². The fourth-order valence-electron chi connectivity index (χ4n) is 5.05. The third-order valence-electron chi connectivity index (χ3n) is 7.67. The smallest absolute Gasteiger partial charge is 0.168 e. The lowest BCUT2D eigenvalue weighted by molar-refractivity contribution is 0.350. The van der Waals surface area contributed by atoms with Crippen molar-refractivity contribution in [3.05, 3.63) is 72.2 Å². The molecule has 0 N–H and O–H groups in total. The first-order valence-corrected chi connectivity index (χ1v) is 15.9. The van der Waals surface area contributed by atoms with E-state index in [4.69, 9.17) is 28.7 Å². The molecule has 8 nitrogen and oxygen atoms in total. The van der Waals surface area contributed by atoms with E-state index in [-0.39, 0.29) is 0 Å². The van der Waals surface area contributed by atoms with E-state index in [0.717, 1.165) is 63.9 Å². The van der Waals surface area contributed by atoms with Gasteiger partial charge in [-0.15, -0.1) is 0 Å². The highest BCUT2D eigenvalue weighted by Crippen LogP contribution is 2.41. The maximum Gasteiger partial charge on any atom is 0.168 e. The van der Waals surface area contributed by atoms with Crippen LogP contribution in [-0.4, -0.2) is 58.6 Å². The molecule has 0 saturated heterocycles. The summed E-state index contributed by atoms with van der Waals surface area (Å²) < 4.78 is 27.2. The molecule has 0 saturated carbocycles. The number of anilines is 1. The predicted octanol–water partition coefficient (Wildman–Crippen LogP) is 8.81. The summed E-state index contributed by atoms with van der Waals surface area (Å²) in [6, 6.07) is 16.0. The van der Waals surface area contributed by atoms with Crippen LogP contribution in [0.3, 0.4) is 0 Å². The number of rotatable bonds is 14. The first kappa shape index (κ1) is 36.0. The van der Waals surface area contributed by atoms with Crippen molar-refractivity contribution in [1.29, 1.82) is 0 Å². The number of nitrogens with zero attached hydrogens (tertiary/aromatic N) is 3. The van der Waals surface area contributed by atoms with Crippen molar-refractivity contribution < 1.29 is 23.7 Å². The van der Waals surface area contributed by atoms with Gasteiger partial charge in [-0.2, -0.15) is 0 Å². The summed E-state index contributed by atoms with van der Waals surface area (Å²) >= 11 is 0. The molecule has 46 heavy (non-hydrogen) atoms. The van der Waals surface area contributed by atoms with Crippen LogP contribution in [0, 0.1) is 19.8 Å². The average molecular weight is 630 g/mol. The number of methoxy groups -OCH3 is 5. The van der Waals surface area contributed by atoms with E-state index in [0.29, 0.717) is 23.2 Å². The molecule has 0 radical (unpaired) electrons. The zero-order valence-electron chi connectivity index (χ0n) is 29.3. The second-order valence-electron chi connectivity index (χ2n) is 11.6. The molecule has 0 atom stereocenters. The Morgan fingerprint density at radius 3 is 1.78 bits per heavy atom.